The highest BCUT2D eigenvalue weighted by Crippen LogP contribution is 2.32. The zero-order valence-corrected chi connectivity index (χ0v) is 15.7. The second-order valence-corrected chi connectivity index (χ2v) is 5.64. The number of hydrogen-bond acceptors (Lipinski definition) is 3. The van der Waals surface area contributed by atoms with Crippen LogP contribution < -0.4 is 20.1 Å². The highest BCUT2D eigenvalue weighted by atomic mass is 127. The van der Waals surface area contributed by atoms with Crippen LogP contribution in [0.15, 0.2) is 35.3 Å². The van der Waals surface area contributed by atoms with E-state index in [1.54, 1.807) is 7.05 Å². The SMILES string of the molecule is CN=C(NCc1ccc2c(c1)OCO2)NCC1CC=CCC1.I. The summed E-state index contributed by atoms with van der Waals surface area (Å²) in [6.07, 6.45) is 8.15. The van der Waals surface area contributed by atoms with Gasteiger partial charge in [0, 0.05) is 20.1 Å². The second kappa shape index (κ2) is 9.00. The number of hydrogen-bond donors (Lipinski definition) is 2. The summed E-state index contributed by atoms with van der Waals surface area (Å²) < 4.78 is 10.7. The summed E-state index contributed by atoms with van der Waals surface area (Å²) in [5, 5.41) is 6.75. The van der Waals surface area contributed by atoms with Crippen LogP contribution >= 0.6 is 24.0 Å². The molecule has 6 heteroatoms. The predicted octanol–water partition coefficient (Wildman–Crippen LogP) is 3.05. The van der Waals surface area contributed by atoms with Crippen molar-refractivity contribution in [2.24, 2.45) is 10.9 Å². The molecule has 2 N–H and O–H groups in total. The first-order chi connectivity index (χ1) is 10.8. The van der Waals surface area contributed by atoms with Crippen LogP contribution in [0.25, 0.3) is 0 Å². The molecular formula is C17H24IN3O2. The standard InChI is InChI=1S/C17H23N3O2.HI/c1-18-17(19-10-13-5-3-2-4-6-13)20-11-14-7-8-15-16(9-14)22-12-21-15;/h2-3,7-9,13H,4-6,10-12H2,1H3,(H2,18,19,20);1H. The molecule has 126 valence electrons. The maximum absolute atomic E-state index is 5.40. The Bertz CT molecular complexity index is 575. The van der Waals surface area contributed by atoms with Crippen LogP contribution in [0, 0.1) is 5.92 Å². The van der Waals surface area contributed by atoms with E-state index >= 15 is 0 Å². The maximum Gasteiger partial charge on any atom is 0.231 e. The Balaban J connectivity index is 0.00000192. The molecule has 1 aromatic carbocycles. The number of ether oxygens (including phenoxy) is 2. The Morgan fingerprint density at radius 1 is 1.22 bits per heavy atom. The fraction of sp³-hybridized carbons (Fsp3) is 0.471. The molecule has 0 saturated heterocycles. The van der Waals surface area contributed by atoms with Crippen LogP contribution in [0.3, 0.4) is 0 Å². The molecule has 1 unspecified atom stereocenters. The van der Waals surface area contributed by atoms with Crippen LogP contribution in [0.5, 0.6) is 11.5 Å². The Morgan fingerprint density at radius 3 is 2.87 bits per heavy atom. The van der Waals surface area contributed by atoms with Gasteiger partial charge in [0.15, 0.2) is 17.5 Å². The number of benzene rings is 1. The summed E-state index contributed by atoms with van der Waals surface area (Å²) in [6, 6.07) is 6.00. The molecule has 1 aromatic rings. The molecule has 1 heterocycles. The van der Waals surface area contributed by atoms with Crippen LogP contribution in [0.1, 0.15) is 24.8 Å². The molecular weight excluding hydrogens is 405 g/mol. The van der Waals surface area contributed by atoms with Crippen LogP contribution in [-0.4, -0.2) is 26.3 Å². The first kappa shape index (κ1) is 17.9. The zero-order valence-electron chi connectivity index (χ0n) is 13.4. The molecule has 1 aliphatic carbocycles. The van der Waals surface area contributed by atoms with E-state index in [1.807, 2.05) is 18.2 Å². The van der Waals surface area contributed by atoms with Gasteiger partial charge >= 0.3 is 0 Å². The van der Waals surface area contributed by atoms with Gasteiger partial charge in [-0.05, 0) is 42.9 Å². The van der Waals surface area contributed by atoms with Gasteiger partial charge in [0.05, 0.1) is 0 Å². The third kappa shape index (κ3) is 5.02. The zero-order chi connectivity index (χ0) is 15.2. The summed E-state index contributed by atoms with van der Waals surface area (Å²) in [4.78, 5) is 4.28. The highest BCUT2D eigenvalue weighted by Gasteiger charge is 2.13. The first-order valence-electron chi connectivity index (χ1n) is 7.83. The van der Waals surface area contributed by atoms with E-state index < -0.39 is 0 Å². The van der Waals surface area contributed by atoms with Crippen molar-refractivity contribution in [1.82, 2.24) is 10.6 Å². The second-order valence-electron chi connectivity index (χ2n) is 5.64. The number of fused-ring (bicyclic) bond motifs is 1. The van der Waals surface area contributed by atoms with Crippen molar-refractivity contribution in [3.63, 3.8) is 0 Å². The van der Waals surface area contributed by atoms with Crippen molar-refractivity contribution in [2.75, 3.05) is 20.4 Å². The van der Waals surface area contributed by atoms with Gasteiger partial charge in [0.2, 0.25) is 6.79 Å². The van der Waals surface area contributed by atoms with Crippen LogP contribution in [0.4, 0.5) is 0 Å². The van der Waals surface area contributed by atoms with Gasteiger partial charge in [-0.1, -0.05) is 18.2 Å². The molecule has 0 saturated carbocycles. The molecule has 2 aliphatic rings. The van der Waals surface area contributed by atoms with E-state index in [1.165, 1.54) is 12.8 Å². The minimum Gasteiger partial charge on any atom is -0.454 e. The van der Waals surface area contributed by atoms with Gasteiger partial charge in [0.25, 0.3) is 0 Å². The van der Waals surface area contributed by atoms with Crippen molar-refractivity contribution < 1.29 is 9.47 Å². The molecule has 0 spiro atoms. The quantitative estimate of drug-likeness (QED) is 0.335. The van der Waals surface area contributed by atoms with E-state index in [4.69, 9.17) is 9.47 Å². The molecule has 1 aliphatic heterocycles. The summed E-state index contributed by atoms with van der Waals surface area (Å²) in [6.45, 7) is 1.98. The van der Waals surface area contributed by atoms with E-state index in [0.29, 0.717) is 19.3 Å². The van der Waals surface area contributed by atoms with E-state index in [0.717, 1.165) is 36.0 Å². The van der Waals surface area contributed by atoms with Gasteiger partial charge in [-0.3, -0.25) is 4.99 Å². The number of guanidine groups is 1. The van der Waals surface area contributed by atoms with Crippen molar-refractivity contribution in [3.05, 3.63) is 35.9 Å². The van der Waals surface area contributed by atoms with Gasteiger partial charge in [-0.15, -0.1) is 24.0 Å². The van der Waals surface area contributed by atoms with Gasteiger partial charge in [-0.2, -0.15) is 0 Å². The van der Waals surface area contributed by atoms with E-state index in [-0.39, 0.29) is 24.0 Å². The minimum atomic E-state index is 0. The topological polar surface area (TPSA) is 54.9 Å². The largest absolute Gasteiger partial charge is 0.454 e. The monoisotopic (exact) mass is 429 g/mol. The van der Waals surface area contributed by atoms with E-state index in [9.17, 15) is 0 Å². The molecule has 23 heavy (non-hydrogen) atoms. The lowest BCUT2D eigenvalue weighted by molar-refractivity contribution is 0.174. The molecule has 1 atom stereocenters. The number of nitrogens with one attached hydrogen (secondary N) is 2. The van der Waals surface area contributed by atoms with Gasteiger partial charge < -0.3 is 20.1 Å². The average Bonchev–Trinajstić information content (AvgIpc) is 3.03. The number of halogens is 1. The van der Waals surface area contributed by atoms with Crippen molar-refractivity contribution in [2.45, 2.75) is 25.8 Å². The Hall–Kier alpha value is -1.44. The van der Waals surface area contributed by atoms with E-state index in [2.05, 4.69) is 27.8 Å². The molecule has 0 aromatic heterocycles. The number of nitrogens with zero attached hydrogens (tertiary/aromatic N) is 1. The lowest BCUT2D eigenvalue weighted by Crippen LogP contribution is -2.39. The summed E-state index contributed by atoms with van der Waals surface area (Å²) in [5.74, 6) is 3.18. The number of allylic oxidation sites excluding steroid dienone is 2. The fourth-order valence-corrected chi connectivity index (χ4v) is 2.74. The number of rotatable bonds is 4. The molecule has 0 amide bonds. The molecule has 3 rings (SSSR count). The maximum atomic E-state index is 5.40. The summed E-state index contributed by atoms with van der Waals surface area (Å²) in [5.41, 5.74) is 1.15. The number of aliphatic imine (C=N–C) groups is 1. The fourth-order valence-electron chi connectivity index (χ4n) is 2.74. The van der Waals surface area contributed by atoms with Crippen LogP contribution in [-0.2, 0) is 6.54 Å². The normalized spacial score (nSPS) is 19.2. The smallest absolute Gasteiger partial charge is 0.231 e. The van der Waals surface area contributed by atoms with Gasteiger partial charge in [-0.25, -0.2) is 0 Å². The molecule has 0 fully saturated rings. The Labute approximate surface area is 154 Å². The molecule has 0 bridgehead atoms. The van der Waals surface area contributed by atoms with Crippen molar-refractivity contribution >= 4 is 29.9 Å². The highest BCUT2D eigenvalue weighted by molar-refractivity contribution is 14.0. The first-order valence-corrected chi connectivity index (χ1v) is 7.83. The molecule has 5 nitrogen and oxygen atoms in total. The lowest BCUT2D eigenvalue weighted by Gasteiger charge is -2.20. The predicted molar refractivity (Wildman–Crippen MR) is 103 cm³/mol. The Morgan fingerprint density at radius 2 is 2.09 bits per heavy atom. The summed E-state index contributed by atoms with van der Waals surface area (Å²) in [7, 11) is 1.80. The molecule has 0 radical (unpaired) electrons. The minimum absolute atomic E-state index is 0. The van der Waals surface area contributed by atoms with Crippen molar-refractivity contribution in [3.8, 4) is 11.5 Å². The third-order valence-corrected chi connectivity index (χ3v) is 4.06. The lowest BCUT2D eigenvalue weighted by atomic mass is 9.94. The Kier molecular flexibility index (Phi) is 7.01. The average molecular weight is 429 g/mol. The van der Waals surface area contributed by atoms with Crippen molar-refractivity contribution in [1.29, 1.82) is 0 Å². The van der Waals surface area contributed by atoms with Gasteiger partial charge in [0.1, 0.15) is 0 Å². The van der Waals surface area contributed by atoms with Crippen LogP contribution in [0.2, 0.25) is 0 Å². The third-order valence-electron chi connectivity index (χ3n) is 4.06. The summed E-state index contributed by atoms with van der Waals surface area (Å²) >= 11 is 0.